The van der Waals surface area contributed by atoms with E-state index in [9.17, 15) is 4.79 Å². The lowest BCUT2D eigenvalue weighted by molar-refractivity contribution is -0.117. The van der Waals surface area contributed by atoms with Crippen LogP contribution in [0.1, 0.15) is 24.1 Å². The van der Waals surface area contributed by atoms with Gasteiger partial charge in [-0.3, -0.25) is 9.69 Å². The van der Waals surface area contributed by atoms with E-state index in [0.29, 0.717) is 6.54 Å². The van der Waals surface area contributed by atoms with E-state index in [1.165, 1.54) is 6.33 Å². The highest BCUT2D eigenvalue weighted by Crippen LogP contribution is 2.20. The van der Waals surface area contributed by atoms with E-state index < -0.39 is 0 Å². The third-order valence-electron chi connectivity index (χ3n) is 4.41. The molecule has 0 aliphatic rings. The summed E-state index contributed by atoms with van der Waals surface area (Å²) < 4.78 is 1.72. The molecule has 0 unspecified atom stereocenters. The van der Waals surface area contributed by atoms with Gasteiger partial charge in [-0.2, -0.15) is 5.10 Å². The second-order valence-corrected chi connectivity index (χ2v) is 6.44. The summed E-state index contributed by atoms with van der Waals surface area (Å²) in [6, 6.07) is 16.0. The summed E-state index contributed by atoms with van der Waals surface area (Å²) in [5, 5.41) is 7.07. The molecular formula is C20H23N5O. The van der Waals surface area contributed by atoms with Crippen molar-refractivity contribution in [1.82, 2.24) is 19.7 Å². The van der Waals surface area contributed by atoms with Gasteiger partial charge in [-0.1, -0.05) is 24.3 Å². The van der Waals surface area contributed by atoms with E-state index in [0.717, 1.165) is 22.5 Å². The van der Waals surface area contributed by atoms with Crippen LogP contribution in [0.25, 0.3) is 5.69 Å². The van der Waals surface area contributed by atoms with Gasteiger partial charge in [0.05, 0.1) is 12.2 Å². The van der Waals surface area contributed by atoms with Crippen molar-refractivity contribution < 1.29 is 4.79 Å². The summed E-state index contributed by atoms with van der Waals surface area (Å²) in [7, 11) is 1.95. The van der Waals surface area contributed by atoms with Crippen molar-refractivity contribution in [2.45, 2.75) is 19.9 Å². The van der Waals surface area contributed by atoms with E-state index in [-0.39, 0.29) is 11.9 Å². The van der Waals surface area contributed by atoms with Crippen LogP contribution in [0.2, 0.25) is 0 Å². The lowest BCUT2D eigenvalue weighted by Crippen LogP contribution is -2.32. The van der Waals surface area contributed by atoms with Crippen molar-refractivity contribution in [3.05, 3.63) is 72.3 Å². The number of carbonyl (C=O) groups excluding carboxylic acids is 1. The molecule has 0 aliphatic carbocycles. The number of aromatic nitrogens is 3. The van der Waals surface area contributed by atoms with Crippen LogP contribution >= 0.6 is 0 Å². The number of likely N-dealkylation sites (N-methyl/N-ethyl adjacent to an activating group) is 1. The fourth-order valence-corrected chi connectivity index (χ4v) is 2.79. The molecule has 0 bridgehead atoms. The van der Waals surface area contributed by atoms with E-state index >= 15 is 0 Å². The van der Waals surface area contributed by atoms with Crippen molar-refractivity contribution >= 4 is 11.6 Å². The van der Waals surface area contributed by atoms with Crippen LogP contribution in [0.4, 0.5) is 5.69 Å². The van der Waals surface area contributed by atoms with Gasteiger partial charge >= 0.3 is 0 Å². The summed E-state index contributed by atoms with van der Waals surface area (Å²) in [6.45, 7) is 4.41. The lowest BCUT2D eigenvalue weighted by atomic mass is 10.1. The number of rotatable bonds is 6. The molecule has 0 aliphatic heterocycles. The SMILES string of the molecule is Cc1cccc(NC(=O)CN(C)[C@@H](C)c2ccc(-n3cncn3)cc2)c1. The molecule has 0 spiro atoms. The number of benzene rings is 2. The molecule has 0 radical (unpaired) electrons. The number of nitrogens with zero attached hydrogens (tertiary/aromatic N) is 4. The molecule has 1 atom stereocenters. The highest BCUT2D eigenvalue weighted by Gasteiger charge is 2.15. The Balaban J connectivity index is 1.60. The van der Waals surface area contributed by atoms with Crippen molar-refractivity contribution in [1.29, 1.82) is 0 Å². The van der Waals surface area contributed by atoms with Gasteiger partial charge in [0.1, 0.15) is 12.7 Å². The number of hydrogen-bond donors (Lipinski definition) is 1. The Kier molecular flexibility index (Phi) is 5.43. The predicted molar refractivity (Wildman–Crippen MR) is 102 cm³/mol. The van der Waals surface area contributed by atoms with Gasteiger partial charge < -0.3 is 5.32 Å². The third kappa shape index (κ3) is 4.34. The van der Waals surface area contributed by atoms with Gasteiger partial charge in [-0.05, 0) is 56.3 Å². The monoisotopic (exact) mass is 349 g/mol. The standard InChI is InChI=1S/C20H23N5O/c1-15-5-4-6-18(11-15)23-20(26)12-24(3)16(2)17-7-9-19(10-8-17)25-14-21-13-22-25/h4-11,13-14,16H,12H2,1-3H3,(H,23,26)/t16-/m0/s1. The van der Waals surface area contributed by atoms with Crippen LogP contribution in [0.15, 0.2) is 61.2 Å². The Hall–Kier alpha value is -2.99. The maximum atomic E-state index is 12.3. The first kappa shape index (κ1) is 17.8. The van der Waals surface area contributed by atoms with E-state index in [1.54, 1.807) is 11.0 Å². The first-order valence-electron chi connectivity index (χ1n) is 8.54. The molecule has 3 rings (SSSR count). The summed E-state index contributed by atoms with van der Waals surface area (Å²) in [6.07, 6.45) is 3.18. The molecule has 0 saturated carbocycles. The first-order chi connectivity index (χ1) is 12.5. The molecular weight excluding hydrogens is 326 g/mol. The topological polar surface area (TPSA) is 63.1 Å². The minimum atomic E-state index is -0.0239. The molecule has 1 aromatic heterocycles. The van der Waals surface area contributed by atoms with Crippen molar-refractivity contribution in [2.24, 2.45) is 0 Å². The fraction of sp³-hybridized carbons (Fsp3) is 0.250. The Morgan fingerprint density at radius 1 is 1.23 bits per heavy atom. The van der Waals surface area contributed by atoms with E-state index in [2.05, 4.69) is 34.5 Å². The normalized spacial score (nSPS) is 12.2. The fourth-order valence-electron chi connectivity index (χ4n) is 2.79. The van der Waals surface area contributed by atoms with Crippen molar-refractivity contribution in [3.8, 4) is 5.69 Å². The minimum Gasteiger partial charge on any atom is -0.325 e. The van der Waals surface area contributed by atoms with Gasteiger partial charge in [0.15, 0.2) is 0 Å². The molecule has 6 nitrogen and oxygen atoms in total. The Labute approximate surface area is 153 Å². The number of carbonyl (C=O) groups is 1. The van der Waals surface area contributed by atoms with Crippen LogP contribution in [-0.2, 0) is 4.79 Å². The number of amides is 1. The quantitative estimate of drug-likeness (QED) is 0.742. The third-order valence-corrected chi connectivity index (χ3v) is 4.41. The number of aryl methyl sites for hydroxylation is 1. The molecule has 3 aromatic rings. The van der Waals surface area contributed by atoms with Gasteiger partial charge in [0, 0.05) is 11.7 Å². The van der Waals surface area contributed by atoms with Gasteiger partial charge in [0.25, 0.3) is 0 Å². The molecule has 2 aromatic carbocycles. The average Bonchev–Trinajstić information content (AvgIpc) is 3.15. The smallest absolute Gasteiger partial charge is 0.238 e. The van der Waals surface area contributed by atoms with Gasteiger partial charge in [0.2, 0.25) is 5.91 Å². The summed E-state index contributed by atoms with van der Waals surface area (Å²) >= 11 is 0. The molecule has 1 amide bonds. The number of nitrogens with one attached hydrogen (secondary N) is 1. The zero-order valence-electron chi connectivity index (χ0n) is 15.3. The summed E-state index contributed by atoms with van der Waals surface area (Å²) in [5.41, 5.74) is 4.04. The highest BCUT2D eigenvalue weighted by atomic mass is 16.2. The predicted octanol–water partition coefficient (Wildman–Crippen LogP) is 3.21. The first-order valence-corrected chi connectivity index (χ1v) is 8.54. The Morgan fingerprint density at radius 3 is 2.65 bits per heavy atom. The number of anilines is 1. The van der Waals surface area contributed by atoms with Crippen LogP contribution in [0.5, 0.6) is 0 Å². The Morgan fingerprint density at radius 2 is 2.00 bits per heavy atom. The van der Waals surface area contributed by atoms with E-state index in [4.69, 9.17) is 0 Å². The zero-order chi connectivity index (χ0) is 18.5. The number of hydrogen-bond acceptors (Lipinski definition) is 4. The largest absolute Gasteiger partial charge is 0.325 e. The lowest BCUT2D eigenvalue weighted by Gasteiger charge is -2.24. The molecule has 0 saturated heterocycles. The van der Waals surface area contributed by atoms with E-state index in [1.807, 2.05) is 55.3 Å². The zero-order valence-corrected chi connectivity index (χ0v) is 15.3. The van der Waals surface area contributed by atoms with Crippen LogP contribution in [-0.4, -0.2) is 39.2 Å². The van der Waals surface area contributed by atoms with Crippen LogP contribution in [0.3, 0.4) is 0 Å². The molecule has 6 heteroatoms. The molecule has 1 heterocycles. The second kappa shape index (κ2) is 7.93. The Bertz CT molecular complexity index is 858. The van der Waals surface area contributed by atoms with Crippen LogP contribution < -0.4 is 5.32 Å². The van der Waals surface area contributed by atoms with Crippen molar-refractivity contribution in [3.63, 3.8) is 0 Å². The molecule has 134 valence electrons. The van der Waals surface area contributed by atoms with Crippen molar-refractivity contribution in [2.75, 3.05) is 18.9 Å². The summed E-state index contributed by atoms with van der Waals surface area (Å²) in [4.78, 5) is 18.3. The molecule has 26 heavy (non-hydrogen) atoms. The molecule has 0 fully saturated rings. The van der Waals surface area contributed by atoms with Gasteiger partial charge in [-0.25, -0.2) is 9.67 Å². The average molecular weight is 349 g/mol. The second-order valence-electron chi connectivity index (χ2n) is 6.44. The minimum absolute atomic E-state index is 0.0239. The van der Waals surface area contributed by atoms with Crippen LogP contribution in [0, 0.1) is 6.92 Å². The summed E-state index contributed by atoms with van der Waals surface area (Å²) in [5.74, 6) is -0.0239. The maximum Gasteiger partial charge on any atom is 0.238 e. The maximum absolute atomic E-state index is 12.3. The highest BCUT2D eigenvalue weighted by molar-refractivity contribution is 5.92. The van der Waals surface area contributed by atoms with Gasteiger partial charge in [-0.15, -0.1) is 0 Å². The molecule has 1 N–H and O–H groups in total.